The summed E-state index contributed by atoms with van der Waals surface area (Å²) >= 11 is 0. The van der Waals surface area contributed by atoms with Gasteiger partial charge in [0.2, 0.25) is 0 Å². The normalized spacial score (nSPS) is 13.6. The fourth-order valence-electron chi connectivity index (χ4n) is 2.22. The van der Waals surface area contributed by atoms with Gasteiger partial charge in [-0.3, -0.25) is 4.79 Å². The Labute approximate surface area is 130 Å². The second-order valence-electron chi connectivity index (χ2n) is 5.58. The third kappa shape index (κ3) is 3.79. The van der Waals surface area contributed by atoms with Crippen LogP contribution in [0, 0.1) is 0 Å². The lowest BCUT2D eigenvalue weighted by molar-refractivity contribution is 0.0950. The van der Waals surface area contributed by atoms with Crippen LogP contribution in [0.4, 0.5) is 5.69 Å². The summed E-state index contributed by atoms with van der Waals surface area (Å²) in [4.78, 5) is 12.0. The van der Waals surface area contributed by atoms with E-state index in [0.29, 0.717) is 29.6 Å². The number of nitrogen functional groups attached to an aromatic ring is 1. The second kappa shape index (κ2) is 6.52. The largest absolute Gasteiger partial charge is 0.491 e. The van der Waals surface area contributed by atoms with Crippen molar-refractivity contribution in [3.63, 3.8) is 0 Å². The van der Waals surface area contributed by atoms with Crippen molar-refractivity contribution >= 4 is 11.6 Å². The van der Waals surface area contributed by atoms with Gasteiger partial charge in [-0.2, -0.15) is 0 Å². The van der Waals surface area contributed by atoms with Crippen molar-refractivity contribution < 1.29 is 9.53 Å². The molecule has 0 aliphatic heterocycles. The molecule has 114 valence electrons. The first-order chi connectivity index (χ1) is 10.7. The molecule has 1 aliphatic rings. The predicted molar refractivity (Wildman–Crippen MR) is 87.0 cm³/mol. The van der Waals surface area contributed by atoms with E-state index >= 15 is 0 Å². The van der Waals surface area contributed by atoms with E-state index in [0.717, 1.165) is 19.3 Å². The average molecular weight is 296 g/mol. The van der Waals surface area contributed by atoms with E-state index in [4.69, 9.17) is 10.5 Å². The Balaban J connectivity index is 1.61. The number of anilines is 1. The Morgan fingerprint density at radius 1 is 1.18 bits per heavy atom. The van der Waals surface area contributed by atoms with Gasteiger partial charge in [0.25, 0.3) is 5.91 Å². The van der Waals surface area contributed by atoms with Crippen molar-refractivity contribution in [2.24, 2.45) is 0 Å². The van der Waals surface area contributed by atoms with Gasteiger partial charge in [0.05, 0.1) is 12.3 Å². The molecule has 0 radical (unpaired) electrons. The topological polar surface area (TPSA) is 64.4 Å². The molecule has 2 aromatic carbocycles. The molecule has 0 heterocycles. The zero-order valence-electron chi connectivity index (χ0n) is 12.4. The van der Waals surface area contributed by atoms with Crippen LogP contribution in [0.25, 0.3) is 0 Å². The Hall–Kier alpha value is -2.49. The fourth-order valence-corrected chi connectivity index (χ4v) is 2.22. The molecule has 1 fully saturated rings. The lowest BCUT2D eigenvalue weighted by atomic mass is 10.1. The summed E-state index contributed by atoms with van der Waals surface area (Å²) in [5.41, 5.74) is 8.28. The van der Waals surface area contributed by atoms with E-state index in [-0.39, 0.29) is 5.91 Å². The highest BCUT2D eigenvalue weighted by Crippen LogP contribution is 2.24. The third-order valence-electron chi connectivity index (χ3n) is 3.68. The minimum Gasteiger partial charge on any atom is -0.491 e. The molecule has 3 N–H and O–H groups in total. The van der Waals surface area contributed by atoms with Crippen LogP contribution < -0.4 is 15.8 Å². The quantitative estimate of drug-likeness (QED) is 0.806. The zero-order chi connectivity index (χ0) is 15.4. The zero-order valence-corrected chi connectivity index (χ0v) is 12.4. The molecular weight excluding hydrogens is 276 g/mol. The first-order valence-corrected chi connectivity index (χ1v) is 7.59. The van der Waals surface area contributed by atoms with Gasteiger partial charge in [-0.15, -0.1) is 0 Å². The Bertz CT molecular complexity index is 651. The van der Waals surface area contributed by atoms with Gasteiger partial charge in [-0.1, -0.05) is 30.3 Å². The number of rotatable bonds is 6. The van der Waals surface area contributed by atoms with Crippen molar-refractivity contribution in [2.75, 3.05) is 12.3 Å². The van der Waals surface area contributed by atoms with Crippen LogP contribution in [0.15, 0.2) is 48.5 Å². The standard InChI is InChI=1S/C18H20N2O2/c19-16-9-6-14(18(21)20-15-7-8-15)12-17(16)22-11-10-13-4-2-1-3-5-13/h1-6,9,12,15H,7-8,10-11,19H2,(H,20,21). The number of nitrogens with one attached hydrogen (secondary N) is 1. The number of hydrogen-bond acceptors (Lipinski definition) is 3. The van der Waals surface area contributed by atoms with Crippen LogP contribution in [-0.4, -0.2) is 18.6 Å². The number of hydrogen-bond donors (Lipinski definition) is 2. The predicted octanol–water partition coefficient (Wildman–Crippen LogP) is 2.78. The molecule has 4 heteroatoms. The average Bonchev–Trinajstić information content (AvgIpc) is 3.34. The minimum atomic E-state index is -0.0598. The van der Waals surface area contributed by atoms with Crippen LogP contribution >= 0.6 is 0 Å². The summed E-state index contributed by atoms with van der Waals surface area (Å²) in [7, 11) is 0. The summed E-state index contributed by atoms with van der Waals surface area (Å²) in [6.45, 7) is 0.530. The number of carbonyl (C=O) groups excluding carboxylic acids is 1. The first-order valence-electron chi connectivity index (χ1n) is 7.59. The third-order valence-corrected chi connectivity index (χ3v) is 3.68. The van der Waals surface area contributed by atoms with Crippen LogP contribution in [-0.2, 0) is 6.42 Å². The van der Waals surface area contributed by atoms with Crippen molar-refractivity contribution in [1.82, 2.24) is 5.32 Å². The molecule has 22 heavy (non-hydrogen) atoms. The molecule has 0 atom stereocenters. The molecule has 1 amide bonds. The molecule has 1 saturated carbocycles. The highest BCUT2D eigenvalue weighted by molar-refractivity contribution is 5.95. The molecular formula is C18H20N2O2. The van der Waals surface area contributed by atoms with Gasteiger partial charge in [-0.05, 0) is 36.6 Å². The number of amides is 1. The van der Waals surface area contributed by atoms with Gasteiger partial charge in [0, 0.05) is 18.0 Å². The molecule has 4 nitrogen and oxygen atoms in total. The monoisotopic (exact) mass is 296 g/mol. The van der Waals surface area contributed by atoms with Crippen LogP contribution in [0.2, 0.25) is 0 Å². The Morgan fingerprint density at radius 3 is 2.68 bits per heavy atom. The molecule has 0 unspecified atom stereocenters. The number of nitrogens with two attached hydrogens (primary N) is 1. The van der Waals surface area contributed by atoms with E-state index in [1.165, 1.54) is 5.56 Å². The Morgan fingerprint density at radius 2 is 1.95 bits per heavy atom. The van der Waals surface area contributed by atoms with E-state index in [2.05, 4.69) is 17.4 Å². The Kier molecular flexibility index (Phi) is 4.28. The molecule has 1 aliphatic carbocycles. The first kappa shape index (κ1) is 14.4. The van der Waals surface area contributed by atoms with Gasteiger partial charge in [0.1, 0.15) is 5.75 Å². The SMILES string of the molecule is Nc1ccc(C(=O)NC2CC2)cc1OCCc1ccccc1. The number of carbonyl (C=O) groups is 1. The smallest absolute Gasteiger partial charge is 0.251 e. The van der Waals surface area contributed by atoms with Crippen LogP contribution in [0.3, 0.4) is 0 Å². The van der Waals surface area contributed by atoms with E-state index in [9.17, 15) is 4.79 Å². The van der Waals surface area contributed by atoms with Crippen molar-refractivity contribution in [2.45, 2.75) is 25.3 Å². The molecule has 2 aromatic rings. The van der Waals surface area contributed by atoms with Crippen LogP contribution in [0.1, 0.15) is 28.8 Å². The summed E-state index contributed by atoms with van der Waals surface area (Å²) in [5, 5.41) is 2.96. The number of benzene rings is 2. The van der Waals surface area contributed by atoms with Crippen molar-refractivity contribution in [3.8, 4) is 5.75 Å². The summed E-state index contributed by atoms with van der Waals surface area (Å²) in [5.74, 6) is 0.509. The summed E-state index contributed by atoms with van der Waals surface area (Å²) in [6, 6.07) is 15.6. The molecule has 0 aromatic heterocycles. The summed E-state index contributed by atoms with van der Waals surface area (Å²) < 4.78 is 5.75. The van der Waals surface area contributed by atoms with Crippen molar-refractivity contribution in [3.05, 3.63) is 59.7 Å². The molecule has 3 rings (SSSR count). The minimum absolute atomic E-state index is 0.0598. The highest BCUT2D eigenvalue weighted by Gasteiger charge is 2.24. The molecule has 0 bridgehead atoms. The highest BCUT2D eigenvalue weighted by atomic mass is 16.5. The van der Waals surface area contributed by atoms with Gasteiger partial charge >= 0.3 is 0 Å². The van der Waals surface area contributed by atoms with Crippen molar-refractivity contribution in [1.29, 1.82) is 0 Å². The van der Waals surface area contributed by atoms with Gasteiger partial charge in [-0.25, -0.2) is 0 Å². The van der Waals surface area contributed by atoms with Crippen LogP contribution in [0.5, 0.6) is 5.75 Å². The maximum Gasteiger partial charge on any atom is 0.251 e. The summed E-state index contributed by atoms with van der Waals surface area (Å²) in [6.07, 6.45) is 2.95. The van der Waals surface area contributed by atoms with E-state index in [1.54, 1.807) is 18.2 Å². The van der Waals surface area contributed by atoms with E-state index in [1.807, 2.05) is 18.2 Å². The maximum atomic E-state index is 12.0. The lowest BCUT2D eigenvalue weighted by Crippen LogP contribution is -2.25. The maximum absolute atomic E-state index is 12.0. The molecule has 0 saturated heterocycles. The van der Waals surface area contributed by atoms with E-state index < -0.39 is 0 Å². The number of ether oxygens (including phenoxy) is 1. The fraction of sp³-hybridized carbons (Fsp3) is 0.278. The van der Waals surface area contributed by atoms with Gasteiger partial charge < -0.3 is 15.8 Å². The lowest BCUT2D eigenvalue weighted by Gasteiger charge is -2.11. The van der Waals surface area contributed by atoms with Gasteiger partial charge in [0.15, 0.2) is 0 Å². The second-order valence-corrected chi connectivity index (χ2v) is 5.58. The molecule has 0 spiro atoms.